The number of amides is 1. The minimum atomic E-state index is -1.09. The van der Waals surface area contributed by atoms with Crippen LogP contribution in [-0.4, -0.2) is 45.4 Å². The summed E-state index contributed by atoms with van der Waals surface area (Å²) in [4.78, 5) is 54.1. The largest absolute Gasteiger partial charge is 0.481 e. The first-order chi connectivity index (χ1) is 17.3. The molecule has 5 rings (SSSR count). The van der Waals surface area contributed by atoms with Crippen LogP contribution in [0.2, 0.25) is 0 Å². The normalized spacial score (nSPS) is 12.8. The number of nitrogens with two attached hydrogens (primary N) is 1. The summed E-state index contributed by atoms with van der Waals surface area (Å²) in [5.41, 5.74) is 9.04. The number of carbonyl (C=O) groups excluding carboxylic acids is 3. The molecule has 0 aliphatic carbocycles. The van der Waals surface area contributed by atoms with E-state index in [1.165, 1.54) is 0 Å². The summed E-state index contributed by atoms with van der Waals surface area (Å²) in [5.74, 6) is -2.22. The Morgan fingerprint density at radius 3 is 2.39 bits per heavy atom. The number of nitrogens with zero attached hydrogens (tertiary/aromatic N) is 2. The van der Waals surface area contributed by atoms with Gasteiger partial charge in [0.05, 0.1) is 28.9 Å². The summed E-state index contributed by atoms with van der Waals surface area (Å²) in [6.45, 7) is 0.0127. The molecule has 36 heavy (non-hydrogen) atoms. The lowest BCUT2D eigenvalue weighted by atomic mass is 9.96. The van der Waals surface area contributed by atoms with Crippen molar-refractivity contribution in [1.82, 2.24) is 4.57 Å². The molecule has 3 aromatic carbocycles. The third-order valence-corrected chi connectivity index (χ3v) is 6.21. The van der Waals surface area contributed by atoms with Crippen molar-refractivity contribution in [2.24, 2.45) is 10.7 Å². The van der Waals surface area contributed by atoms with Gasteiger partial charge in [0.15, 0.2) is 11.6 Å². The van der Waals surface area contributed by atoms with Crippen LogP contribution in [0.4, 0.5) is 0 Å². The van der Waals surface area contributed by atoms with Gasteiger partial charge in [-0.2, -0.15) is 0 Å². The average molecular weight is 479 g/mol. The molecule has 0 unspecified atom stereocenters. The number of Topliss-reactive ketones (excluding diaryl/α,β-unsaturated/α-hetero) is 1. The number of carboxylic acid groups (broad SMARTS) is 1. The summed E-state index contributed by atoms with van der Waals surface area (Å²) >= 11 is 0. The molecular weight excluding hydrogens is 458 g/mol. The number of aromatic nitrogens is 1. The Labute approximate surface area is 205 Å². The molecule has 1 aromatic heterocycles. The molecule has 178 valence electrons. The Morgan fingerprint density at radius 1 is 0.944 bits per heavy atom. The SMILES string of the molecule is NC(=O)c1cccc2c1c1c(n2Cc2cccc(C(=O)c3ccccc3)c2)C(CC(=O)O)=NCC1=O. The van der Waals surface area contributed by atoms with Crippen LogP contribution in [0.3, 0.4) is 0 Å². The topological polar surface area (TPSA) is 132 Å². The number of benzene rings is 3. The van der Waals surface area contributed by atoms with Crippen molar-refractivity contribution < 1.29 is 24.3 Å². The lowest BCUT2D eigenvalue weighted by Gasteiger charge is -2.17. The van der Waals surface area contributed by atoms with Gasteiger partial charge < -0.3 is 15.4 Å². The number of carbonyl (C=O) groups is 4. The molecule has 1 aliphatic heterocycles. The molecule has 8 nitrogen and oxygen atoms in total. The summed E-state index contributed by atoms with van der Waals surface area (Å²) in [6.07, 6.45) is -0.380. The van der Waals surface area contributed by atoms with Crippen LogP contribution < -0.4 is 5.73 Å². The maximum absolute atomic E-state index is 13.0. The molecule has 0 bridgehead atoms. The van der Waals surface area contributed by atoms with E-state index in [9.17, 15) is 24.3 Å². The van der Waals surface area contributed by atoms with Gasteiger partial charge in [0.25, 0.3) is 0 Å². The fraction of sp³-hybridized carbons (Fsp3) is 0.107. The third kappa shape index (κ3) is 3.98. The molecule has 8 heteroatoms. The molecule has 0 radical (unpaired) electrons. The molecule has 0 atom stereocenters. The van der Waals surface area contributed by atoms with Crippen molar-refractivity contribution >= 4 is 40.1 Å². The lowest BCUT2D eigenvalue weighted by molar-refractivity contribution is -0.135. The van der Waals surface area contributed by atoms with Crippen LogP contribution in [0.1, 0.15) is 54.3 Å². The van der Waals surface area contributed by atoms with Crippen LogP contribution in [0.5, 0.6) is 0 Å². The number of hydrogen-bond donors (Lipinski definition) is 2. The van der Waals surface area contributed by atoms with E-state index in [-0.39, 0.29) is 47.9 Å². The van der Waals surface area contributed by atoms with E-state index in [2.05, 4.69) is 4.99 Å². The summed E-state index contributed by atoms with van der Waals surface area (Å²) < 4.78 is 1.78. The first-order valence-corrected chi connectivity index (χ1v) is 11.3. The van der Waals surface area contributed by atoms with Gasteiger partial charge in [0.1, 0.15) is 6.54 Å². The van der Waals surface area contributed by atoms with Gasteiger partial charge in [0.2, 0.25) is 5.91 Å². The highest BCUT2D eigenvalue weighted by molar-refractivity contribution is 6.26. The molecule has 0 spiro atoms. The van der Waals surface area contributed by atoms with E-state index in [4.69, 9.17) is 5.73 Å². The number of ketones is 2. The van der Waals surface area contributed by atoms with Crippen molar-refractivity contribution in [3.05, 3.63) is 106 Å². The Hall–Kier alpha value is -4.85. The molecule has 1 amide bonds. The number of carboxylic acids is 1. The highest BCUT2D eigenvalue weighted by Crippen LogP contribution is 2.34. The second-order valence-electron chi connectivity index (χ2n) is 8.53. The van der Waals surface area contributed by atoms with Gasteiger partial charge in [-0.1, -0.05) is 54.6 Å². The van der Waals surface area contributed by atoms with Gasteiger partial charge in [-0.05, 0) is 23.8 Å². The van der Waals surface area contributed by atoms with Gasteiger partial charge in [-0.3, -0.25) is 24.2 Å². The van der Waals surface area contributed by atoms with E-state index in [1.807, 2.05) is 12.1 Å². The van der Waals surface area contributed by atoms with Crippen LogP contribution in [0, 0.1) is 0 Å². The molecule has 3 N–H and O–H groups in total. The van der Waals surface area contributed by atoms with Crippen molar-refractivity contribution in [1.29, 1.82) is 0 Å². The monoisotopic (exact) mass is 479 g/mol. The predicted molar refractivity (Wildman–Crippen MR) is 134 cm³/mol. The Kier molecular flexibility index (Phi) is 5.77. The second-order valence-corrected chi connectivity index (χ2v) is 8.53. The van der Waals surface area contributed by atoms with Crippen LogP contribution >= 0.6 is 0 Å². The van der Waals surface area contributed by atoms with Crippen molar-refractivity contribution in [2.45, 2.75) is 13.0 Å². The number of rotatable bonds is 7. The van der Waals surface area contributed by atoms with E-state index < -0.39 is 11.9 Å². The fourth-order valence-electron chi connectivity index (χ4n) is 4.70. The molecule has 2 heterocycles. The van der Waals surface area contributed by atoms with Crippen LogP contribution in [-0.2, 0) is 11.3 Å². The van der Waals surface area contributed by atoms with E-state index in [0.717, 1.165) is 5.56 Å². The first kappa shape index (κ1) is 22.9. The smallest absolute Gasteiger partial charge is 0.309 e. The third-order valence-electron chi connectivity index (χ3n) is 6.21. The van der Waals surface area contributed by atoms with Gasteiger partial charge in [-0.25, -0.2) is 0 Å². The molecular formula is C28H21N3O5. The minimum absolute atomic E-state index is 0.129. The Balaban J connectivity index is 1.68. The van der Waals surface area contributed by atoms with Crippen molar-refractivity contribution in [2.75, 3.05) is 6.54 Å². The lowest BCUT2D eigenvalue weighted by Crippen LogP contribution is -2.24. The molecule has 4 aromatic rings. The van der Waals surface area contributed by atoms with Crippen LogP contribution in [0.15, 0.2) is 77.8 Å². The van der Waals surface area contributed by atoms with Crippen molar-refractivity contribution in [3.63, 3.8) is 0 Å². The molecule has 0 fully saturated rings. The van der Waals surface area contributed by atoms with E-state index in [0.29, 0.717) is 27.7 Å². The zero-order chi connectivity index (χ0) is 25.4. The highest BCUT2D eigenvalue weighted by Gasteiger charge is 2.32. The summed E-state index contributed by atoms with van der Waals surface area (Å²) in [7, 11) is 0. The zero-order valence-electron chi connectivity index (χ0n) is 19.1. The highest BCUT2D eigenvalue weighted by atomic mass is 16.4. The maximum Gasteiger partial charge on any atom is 0.309 e. The van der Waals surface area contributed by atoms with Gasteiger partial charge >= 0.3 is 5.97 Å². The van der Waals surface area contributed by atoms with Gasteiger partial charge in [0, 0.05) is 28.6 Å². The Morgan fingerprint density at radius 2 is 1.67 bits per heavy atom. The quantitative estimate of drug-likeness (QED) is 0.392. The Bertz CT molecular complexity index is 1600. The number of primary amides is 1. The second kappa shape index (κ2) is 9.07. The molecule has 0 saturated carbocycles. The van der Waals surface area contributed by atoms with Crippen molar-refractivity contribution in [3.8, 4) is 0 Å². The average Bonchev–Trinajstić information content (AvgIpc) is 3.21. The standard InChI is InChI=1S/C28H21N3O5/c29-28(36)19-10-5-11-21-24(19)25-22(32)14-30-20(13-23(33)34)26(25)31(21)15-16-6-4-9-18(12-16)27(35)17-7-2-1-3-8-17/h1-12H,13-15H2,(H2,29,36)(H,33,34). The van der Waals surface area contributed by atoms with E-state index in [1.54, 1.807) is 65.2 Å². The minimum Gasteiger partial charge on any atom is -0.481 e. The zero-order valence-corrected chi connectivity index (χ0v) is 19.1. The number of hydrogen-bond acceptors (Lipinski definition) is 5. The first-order valence-electron chi connectivity index (χ1n) is 11.3. The maximum atomic E-state index is 13.0. The van der Waals surface area contributed by atoms with Gasteiger partial charge in [-0.15, -0.1) is 0 Å². The fourth-order valence-corrected chi connectivity index (χ4v) is 4.70. The predicted octanol–water partition coefficient (Wildman–Crippen LogP) is 3.48. The number of aliphatic imine (C=N–C) groups is 1. The number of fused-ring (bicyclic) bond motifs is 3. The van der Waals surface area contributed by atoms with E-state index >= 15 is 0 Å². The van der Waals surface area contributed by atoms with Crippen LogP contribution in [0.25, 0.3) is 10.9 Å². The molecule has 0 saturated heterocycles. The summed E-state index contributed by atoms with van der Waals surface area (Å²) in [5, 5.41) is 9.86. The number of aliphatic carboxylic acids is 1. The summed E-state index contributed by atoms with van der Waals surface area (Å²) in [6, 6.07) is 21.0. The molecule has 1 aliphatic rings.